The lowest BCUT2D eigenvalue weighted by atomic mass is 9.78. The topological polar surface area (TPSA) is 61.6 Å². The molecule has 136 valence electrons. The Kier molecular flexibility index (Phi) is 5.71. The summed E-state index contributed by atoms with van der Waals surface area (Å²) in [4.78, 5) is 11.4. The minimum Gasteiger partial charge on any atom is -0.400 e. The number of hydrogen-bond acceptors (Lipinski definition) is 5. The van der Waals surface area contributed by atoms with Crippen LogP contribution in [0.4, 0.5) is 10.1 Å². The fourth-order valence-electron chi connectivity index (χ4n) is 2.39. The molecule has 1 aliphatic heterocycles. The van der Waals surface area contributed by atoms with Gasteiger partial charge in [-0.1, -0.05) is 23.9 Å². The van der Waals surface area contributed by atoms with Gasteiger partial charge >= 0.3 is 7.12 Å². The summed E-state index contributed by atoms with van der Waals surface area (Å²) in [6.45, 7) is 11.0. The molecule has 0 aliphatic carbocycles. The van der Waals surface area contributed by atoms with Crippen LogP contribution in [0.5, 0.6) is 0 Å². The van der Waals surface area contributed by atoms with Crippen molar-refractivity contribution in [3.05, 3.63) is 34.5 Å². The number of rotatable bonds is 4. The molecule has 1 saturated heterocycles. The van der Waals surface area contributed by atoms with Gasteiger partial charge in [-0.15, -0.1) is 0 Å². The first-order valence-corrected chi connectivity index (χ1v) is 9.17. The van der Waals surface area contributed by atoms with Gasteiger partial charge in [-0.3, -0.25) is 4.79 Å². The molecule has 1 aliphatic rings. The summed E-state index contributed by atoms with van der Waals surface area (Å²) in [6, 6.07) is 3.30. The maximum atomic E-state index is 14.5. The number of nitrogen functional groups attached to an aromatic ring is 1. The Labute approximate surface area is 153 Å². The van der Waals surface area contributed by atoms with Gasteiger partial charge in [-0.05, 0) is 46.2 Å². The lowest BCUT2D eigenvalue weighted by Gasteiger charge is -2.32. The van der Waals surface area contributed by atoms with Gasteiger partial charge in [-0.2, -0.15) is 0 Å². The SMILES string of the molecule is CC(=O)SCC(=Cc1ccc(N)c(C)c1F)B1OC(C)(C)C(C)(C)O1. The number of nitrogens with two attached hydrogens (primary N) is 1. The highest BCUT2D eigenvalue weighted by molar-refractivity contribution is 8.13. The summed E-state index contributed by atoms with van der Waals surface area (Å²) in [5, 5.41) is -0.0172. The molecule has 25 heavy (non-hydrogen) atoms. The van der Waals surface area contributed by atoms with Crippen LogP contribution in [0.2, 0.25) is 0 Å². The third-order valence-electron chi connectivity index (χ3n) is 4.80. The fraction of sp³-hybridized carbons (Fsp3) is 0.500. The van der Waals surface area contributed by atoms with Crippen molar-refractivity contribution in [1.29, 1.82) is 0 Å². The van der Waals surface area contributed by atoms with E-state index in [9.17, 15) is 9.18 Å². The van der Waals surface area contributed by atoms with E-state index in [1.165, 1.54) is 6.92 Å². The molecule has 1 heterocycles. The maximum absolute atomic E-state index is 14.5. The molecule has 0 unspecified atom stereocenters. The Hall–Kier alpha value is -1.31. The minimum atomic E-state index is -0.630. The summed E-state index contributed by atoms with van der Waals surface area (Å²) < 4.78 is 26.7. The second-order valence-electron chi connectivity index (χ2n) is 7.27. The van der Waals surface area contributed by atoms with Crippen molar-refractivity contribution in [2.24, 2.45) is 0 Å². The number of hydrogen-bond donors (Lipinski definition) is 1. The van der Waals surface area contributed by atoms with Crippen molar-refractivity contribution in [1.82, 2.24) is 0 Å². The van der Waals surface area contributed by atoms with Crippen LogP contribution in [0, 0.1) is 12.7 Å². The van der Waals surface area contributed by atoms with Crippen LogP contribution in [0.15, 0.2) is 17.6 Å². The van der Waals surface area contributed by atoms with E-state index >= 15 is 0 Å². The van der Waals surface area contributed by atoms with Crippen LogP contribution in [0.25, 0.3) is 6.08 Å². The Balaban J connectivity index is 2.40. The standard InChI is InChI=1S/C18H25BFNO3S/c1-11-15(21)8-7-13(16(11)20)9-14(10-25-12(2)22)19-23-17(3,4)18(5,6)24-19/h7-9H,10,21H2,1-6H3. The lowest BCUT2D eigenvalue weighted by molar-refractivity contribution is -0.109. The van der Waals surface area contributed by atoms with Crippen molar-refractivity contribution in [2.75, 3.05) is 11.5 Å². The number of carbonyl (C=O) groups is 1. The molecule has 7 heteroatoms. The minimum absolute atomic E-state index is 0.0172. The molecule has 2 N–H and O–H groups in total. The maximum Gasteiger partial charge on any atom is 0.491 e. The number of anilines is 1. The van der Waals surface area contributed by atoms with E-state index in [0.29, 0.717) is 28.0 Å². The fourth-order valence-corrected chi connectivity index (χ4v) is 2.98. The quantitative estimate of drug-likeness (QED) is 0.645. The molecule has 2 rings (SSSR count). The zero-order valence-corrected chi connectivity index (χ0v) is 16.4. The molecule has 0 atom stereocenters. The van der Waals surface area contributed by atoms with Crippen LogP contribution in [0.3, 0.4) is 0 Å². The zero-order chi connectivity index (χ0) is 19.0. The van der Waals surface area contributed by atoms with Gasteiger partial charge in [0.2, 0.25) is 0 Å². The van der Waals surface area contributed by atoms with Gasteiger partial charge < -0.3 is 15.0 Å². The predicted octanol–water partition coefficient (Wildman–Crippen LogP) is 4.01. The Morgan fingerprint density at radius 2 is 1.84 bits per heavy atom. The van der Waals surface area contributed by atoms with Crippen molar-refractivity contribution >= 4 is 35.8 Å². The normalized spacial score (nSPS) is 19.3. The second-order valence-corrected chi connectivity index (χ2v) is 8.42. The summed E-state index contributed by atoms with van der Waals surface area (Å²) in [7, 11) is -0.630. The molecule has 1 aromatic rings. The number of carbonyl (C=O) groups excluding carboxylic acids is 1. The zero-order valence-electron chi connectivity index (χ0n) is 15.6. The molecular formula is C18H25BFNO3S. The van der Waals surface area contributed by atoms with Gasteiger partial charge in [0, 0.05) is 29.5 Å². The molecule has 1 aromatic carbocycles. The molecule has 4 nitrogen and oxygen atoms in total. The van der Waals surface area contributed by atoms with Crippen LogP contribution in [-0.4, -0.2) is 29.2 Å². The van der Waals surface area contributed by atoms with Gasteiger partial charge in [0.15, 0.2) is 5.12 Å². The highest BCUT2D eigenvalue weighted by Crippen LogP contribution is 2.39. The van der Waals surface area contributed by atoms with Gasteiger partial charge in [-0.25, -0.2) is 4.39 Å². The summed E-state index contributed by atoms with van der Waals surface area (Å²) in [6.07, 6.45) is 1.69. The average molecular weight is 365 g/mol. The summed E-state index contributed by atoms with van der Waals surface area (Å²) in [5.41, 5.74) is 6.66. The first kappa shape index (κ1) is 20.0. The van der Waals surface area contributed by atoms with Crippen LogP contribution < -0.4 is 5.73 Å². The highest BCUT2D eigenvalue weighted by atomic mass is 32.2. The predicted molar refractivity (Wildman–Crippen MR) is 103 cm³/mol. The summed E-state index contributed by atoms with van der Waals surface area (Å²) in [5.74, 6) is -0.00323. The van der Waals surface area contributed by atoms with Crippen molar-refractivity contribution in [2.45, 2.75) is 52.7 Å². The largest absolute Gasteiger partial charge is 0.491 e. The summed E-state index contributed by atoms with van der Waals surface area (Å²) >= 11 is 1.14. The van der Waals surface area contributed by atoms with Crippen molar-refractivity contribution in [3.63, 3.8) is 0 Å². The second kappa shape index (κ2) is 7.13. The van der Waals surface area contributed by atoms with Crippen molar-refractivity contribution in [3.8, 4) is 0 Å². The third kappa shape index (κ3) is 4.27. The lowest BCUT2D eigenvalue weighted by Crippen LogP contribution is -2.41. The van der Waals surface area contributed by atoms with Crippen LogP contribution >= 0.6 is 11.8 Å². The van der Waals surface area contributed by atoms with E-state index < -0.39 is 18.3 Å². The van der Waals surface area contributed by atoms with E-state index in [4.69, 9.17) is 15.0 Å². The van der Waals surface area contributed by atoms with Gasteiger partial charge in [0.05, 0.1) is 11.2 Å². The first-order chi connectivity index (χ1) is 11.4. The smallest absolute Gasteiger partial charge is 0.400 e. The monoisotopic (exact) mass is 365 g/mol. The number of benzene rings is 1. The third-order valence-corrected chi connectivity index (χ3v) is 5.68. The molecule has 0 amide bonds. The van der Waals surface area contributed by atoms with Crippen molar-refractivity contribution < 1.29 is 18.5 Å². The first-order valence-electron chi connectivity index (χ1n) is 8.18. The molecule has 0 saturated carbocycles. The highest BCUT2D eigenvalue weighted by Gasteiger charge is 2.52. The molecular weight excluding hydrogens is 340 g/mol. The molecule has 0 aromatic heterocycles. The molecule has 0 spiro atoms. The van der Waals surface area contributed by atoms with Crippen LogP contribution in [0.1, 0.15) is 45.7 Å². The number of thioether (sulfide) groups is 1. The van der Waals surface area contributed by atoms with E-state index in [-0.39, 0.29) is 10.9 Å². The Morgan fingerprint density at radius 3 is 2.36 bits per heavy atom. The average Bonchev–Trinajstić information content (AvgIpc) is 2.71. The van der Waals surface area contributed by atoms with E-state index in [0.717, 1.165) is 11.8 Å². The Bertz CT molecular complexity index is 703. The van der Waals surface area contributed by atoms with E-state index in [1.807, 2.05) is 27.7 Å². The van der Waals surface area contributed by atoms with Crippen LogP contribution in [-0.2, 0) is 14.1 Å². The van der Waals surface area contributed by atoms with E-state index in [1.54, 1.807) is 25.1 Å². The van der Waals surface area contributed by atoms with E-state index in [2.05, 4.69) is 0 Å². The molecule has 1 fully saturated rings. The van der Waals surface area contributed by atoms with Gasteiger partial charge in [0.1, 0.15) is 5.82 Å². The molecule has 0 bridgehead atoms. The van der Waals surface area contributed by atoms with Gasteiger partial charge in [0.25, 0.3) is 0 Å². The Morgan fingerprint density at radius 1 is 1.28 bits per heavy atom. The molecule has 0 radical (unpaired) electrons. The number of halogens is 1.